The van der Waals surface area contributed by atoms with Crippen molar-refractivity contribution in [2.75, 3.05) is 0 Å². The first-order valence-corrected chi connectivity index (χ1v) is 4.66. The lowest BCUT2D eigenvalue weighted by Crippen LogP contribution is -2.32. The first-order chi connectivity index (χ1) is 7.16. The van der Waals surface area contributed by atoms with E-state index in [4.69, 9.17) is 5.73 Å². The van der Waals surface area contributed by atoms with Crippen molar-refractivity contribution >= 4 is 29.6 Å². The molecule has 0 aliphatic rings. The van der Waals surface area contributed by atoms with Crippen LogP contribution >= 0.6 is 0 Å². The molecule has 0 unspecified atom stereocenters. The van der Waals surface area contributed by atoms with Gasteiger partial charge in [0.2, 0.25) is 6.41 Å². The monoisotopic (exact) mass is 200 g/mol. The van der Waals surface area contributed by atoms with Crippen LogP contribution in [0.25, 0.3) is 23.2 Å². The zero-order chi connectivity index (χ0) is 11.0. The second-order valence-electron chi connectivity index (χ2n) is 3.50. The standard InChI is InChI=1S/C12H12N2O/c1-8-10-5-3-4-6-11(10)14(7-15)12(8)9(2)13/h3-7H,1,13H2,2H3/b12-9-. The summed E-state index contributed by atoms with van der Waals surface area (Å²) in [5, 5.41) is 2.47. The number of aromatic nitrogens is 1. The largest absolute Gasteiger partial charge is 0.401 e. The minimum atomic E-state index is 0.600. The Bertz CT molecular complexity index is 633. The molecule has 0 atom stereocenters. The number of para-hydroxylation sites is 1. The van der Waals surface area contributed by atoms with E-state index < -0.39 is 0 Å². The van der Waals surface area contributed by atoms with Gasteiger partial charge in [-0.25, -0.2) is 0 Å². The molecule has 2 aromatic rings. The van der Waals surface area contributed by atoms with E-state index in [0.717, 1.165) is 22.5 Å². The van der Waals surface area contributed by atoms with E-state index in [1.54, 1.807) is 6.92 Å². The van der Waals surface area contributed by atoms with E-state index in [9.17, 15) is 4.79 Å². The van der Waals surface area contributed by atoms with Crippen LogP contribution in [0.3, 0.4) is 0 Å². The van der Waals surface area contributed by atoms with Crippen molar-refractivity contribution in [3.63, 3.8) is 0 Å². The molecule has 15 heavy (non-hydrogen) atoms. The van der Waals surface area contributed by atoms with Crippen molar-refractivity contribution < 1.29 is 4.79 Å². The Hall–Kier alpha value is -2.03. The predicted molar refractivity (Wildman–Crippen MR) is 62.1 cm³/mol. The molecule has 2 N–H and O–H groups in total. The molecule has 0 aliphatic carbocycles. The molecule has 3 nitrogen and oxygen atoms in total. The third-order valence-corrected chi connectivity index (χ3v) is 2.49. The van der Waals surface area contributed by atoms with Gasteiger partial charge in [-0.15, -0.1) is 0 Å². The number of hydrogen-bond acceptors (Lipinski definition) is 2. The van der Waals surface area contributed by atoms with Gasteiger partial charge in [0.05, 0.1) is 10.9 Å². The van der Waals surface area contributed by atoms with E-state index in [2.05, 4.69) is 6.58 Å². The van der Waals surface area contributed by atoms with Crippen molar-refractivity contribution in [3.8, 4) is 0 Å². The van der Waals surface area contributed by atoms with Crippen LogP contribution in [0.1, 0.15) is 6.92 Å². The Morgan fingerprint density at radius 2 is 2.13 bits per heavy atom. The normalized spacial score (nSPS) is 12.9. The lowest BCUT2D eigenvalue weighted by atomic mass is 10.2. The van der Waals surface area contributed by atoms with Gasteiger partial charge < -0.3 is 5.73 Å². The summed E-state index contributed by atoms with van der Waals surface area (Å²) < 4.78 is 1.53. The Morgan fingerprint density at radius 3 is 2.73 bits per heavy atom. The second-order valence-corrected chi connectivity index (χ2v) is 3.50. The van der Waals surface area contributed by atoms with Crippen molar-refractivity contribution in [1.29, 1.82) is 0 Å². The molecule has 1 aromatic heterocycles. The van der Waals surface area contributed by atoms with E-state index in [0.29, 0.717) is 11.0 Å². The molecular weight excluding hydrogens is 188 g/mol. The third kappa shape index (κ3) is 1.24. The van der Waals surface area contributed by atoms with Crippen LogP contribution in [0.5, 0.6) is 0 Å². The average molecular weight is 200 g/mol. The fraction of sp³-hybridized carbons (Fsp3) is 0.0833. The van der Waals surface area contributed by atoms with Crippen molar-refractivity contribution in [2.24, 2.45) is 5.73 Å². The molecule has 0 spiro atoms. The predicted octanol–water partition coefficient (Wildman–Crippen LogP) is 0.177. The summed E-state index contributed by atoms with van der Waals surface area (Å²) in [5.41, 5.74) is 7.20. The quantitative estimate of drug-likeness (QED) is 0.667. The van der Waals surface area contributed by atoms with E-state index in [-0.39, 0.29) is 0 Å². The summed E-state index contributed by atoms with van der Waals surface area (Å²) in [5.74, 6) is 0. The molecule has 0 aliphatic heterocycles. The average Bonchev–Trinajstić information content (AvgIpc) is 2.52. The molecule has 2 rings (SSSR count). The van der Waals surface area contributed by atoms with Crippen molar-refractivity contribution in [2.45, 2.75) is 6.92 Å². The van der Waals surface area contributed by atoms with Gasteiger partial charge in [-0.3, -0.25) is 9.36 Å². The van der Waals surface area contributed by atoms with Crippen molar-refractivity contribution in [1.82, 2.24) is 4.57 Å². The fourth-order valence-corrected chi connectivity index (χ4v) is 1.87. The number of rotatable bonds is 1. The second kappa shape index (κ2) is 3.28. The summed E-state index contributed by atoms with van der Waals surface area (Å²) in [6.07, 6.45) is 0.767. The van der Waals surface area contributed by atoms with Gasteiger partial charge in [0.25, 0.3) is 0 Å². The Balaban J connectivity index is 3.20. The Labute approximate surface area is 87.1 Å². The van der Waals surface area contributed by atoms with Crippen LogP contribution < -0.4 is 16.3 Å². The van der Waals surface area contributed by atoms with Crippen LogP contribution in [-0.4, -0.2) is 11.0 Å². The third-order valence-electron chi connectivity index (χ3n) is 2.49. The molecule has 0 saturated carbocycles. The van der Waals surface area contributed by atoms with Gasteiger partial charge in [-0.05, 0) is 13.0 Å². The zero-order valence-electron chi connectivity index (χ0n) is 8.53. The first kappa shape index (κ1) is 9.52. The highest BCUT2D eigenvalue weighted by Crippen LogP contribution is 2.06. The maximum absolute atomic E-state index is 11.0. The first-order valence-electron chi connectivity index (χ1n) is 4.66. The van der Waals surface area contributed by atoms with Crippen LogP contribution in [0.15, 0.2) is 24.3 Å². The minimum Gasteiger partial charge on any atom is -0.401 e. The molecule has 0 amide bonds. The molecule has 0 bridgehead atoms. The molecule has 1 heterocycles. The lowest BCUT2D eigenvalue weighted by molar-refractivity contribution is 0.547. The van der Waals surface area contributed by atoms with Gasteiger partial charge in [-0.2, -0.15) is 0 Å². The number of hydrogen-bond donors (Lipinski definition) is 1. The topological polar surface area (TPSA) is 48.0 Å². The summed E-state index contributed by atoms with van der Waals surface area (Å²) in [6, 6.07) is 7.62. The van der Waals surface area contributed by atoms with E-state index in [1.165, 1.54) is 4.57 Å². The summed E-state index contributed by atoms with van der Waals surface area (Å²) >= 11 is 0. The molecule has 0 saturated heterocycles. The zero-order valence-corrected chi connectivity index (χ0v) is 8.53. The number of nitrogens with two attached hydrogens (primary N) is 1. The number of fused-ring (bicyclic) bond motifs is 1. The molecule has 0 fully saturated rings. The summed E-state index contributed by atoms with van der Waals surface area (Å²) in [6.45, 7) is 5.72. The molecule has 1 aromatic carbocycles. The minimum absolute atomic E-state index is 0.600. The van der Waals surface area contributed by atoms with Crippen LogP contribution in [0.2, 0.25) is 0 Å². The maximum Gasteiger partial charge on any atom is 0.218 e. The van der Waals surface area contributed by atoms with Crippen LogP contribution in [-0.2, 0) is 4.79 Å². The summed E-state index contributed by atoms with van der Waals surface area (Å²) in [7, 11) is 0. The Kier molecular flexibility index (Phi) is 2.08. The van der Waals surface area contributed by atoms with Crippen LogP contribution in [0.4, 0.5) is 0 Å². The van der Waals surface area contributed by atoms with Crippen LogP contribution in [0, 0.1) is 0 Å². The van der Waals surface area contributed by atoms with Gasteiger partial charge >= 0.3 is 0 Å². The number of carbonyl (C=O) groups is 1. The highest BCUT2D eigenvalue weighted by atomic mass is 16.1. The molecule has 3 heteroatoms. The SMILES string of the molecule is C=c1/c(=C(\C)N)n(C=O)c2ccccc12. The highest BCUT2D eigenvalue weighted by molar-refractivity contribution is 5.86. The van der Waals surface area contributed by atoms with Gasteiger partial charge in [0.15, 0.2) is 0 Å². The Morgan fingerprint density at radius 1 is 1.47 bits per heavy atom. The number of carbonyl (C=O) groups excluding carboxylic acids is 1. The number of nitrogens with zero attached hydrogens (tertiary/aromatic N) is 1. The van der Waals surface area contributed by atoms with Gasteiger partial charge in [0, 0.05) is 16.3 Å². The summed E-state index contributed by atoms with van der Waals surface area (Å²) in [4.78, 5) is 11.0. The van der Waals surface area contributed by atoms with Crippen molar-refractivity contribution in [3.05, 3.63) is 34.8 Å². The van der Waals surface area contributed by atoms with Gasteiger partial charge in [0.1, 0.15) is 0 Å². The molecular formula is C12H12N2O. The smallest absolute Gasteiger partial charge is 0.218 e. The van der Waals surface area contributed by atoms with E-state index in [1.807, 2.05) is 24.3 Å². The maximum atomic E-state index is 11.0. The fourth-order valence-electron chi connectivity index (χ4n) is 1.87. The highest BCUT2D eigenvalue weighted by Gasteiger charge is 2.05. The molecule has 0 radical (unpaired) electrons. The number of benzene rings is 1. The molecule has 76 valence electrons. The lowest BCUT2D eigenvalue weighted by Gasteiger charge is -1.95. The van der Waals surface area contributed by atoms with Gasteiger partial charge in [-0.1, -0.05) is 24.8 Å². The van der Waals surface area contributed by atoms with E-state index >= 15 is 0 Å².